The lowest BCUT2D eigenvalue weighted by molar-refractivity contribution is 0.112. The molecule has 1 aromatic heterocycles. The van der Waals surface area contributed by atoms with Crippen LogP contribution in [0.5, 0.6) is 11.5 Å². The Morgan fingerprint density at radius 3 is 2.80 bits per heavy atom. The summed E-state index contributed by atoms with van der Waals surface area (Å²) in [5, 5.41) is 0.965. The van der Waals surface area contributed by atoms with Gasteiger partial charge in [-0.3, -0.25) is 9.78 Å². The molecule has 3 rings (SSSR count). The van der Waals surface area contributed by atoms with E-state index in [0.29, 0.717) is 11.3 Å². The summed E-state index contributed by atoms with van der Waals surface area (Å²) in [5.74, 6) is 1.47. The van der Waals surface area contributed by atoms with Gasteiger partial charge in [0, 0.05) is 17.1 Å². The van der Waals surface area contributed by atoms with Crippen LogP contribution in [-0.4, -0.2) is 11.3 Å². The molecule has 0 aliphatic rings. The first-order chi connectivity index (χ1) is 9.78. The number of ether oxygens (including phenoxy) is 1. The van der Waals surface area contributed by atoms with Crippen molar-refractivity contribution in [2.75, 3.05) is 0 Å². The van der Waals surface area contributed by atoms with Gasteiger partial charge in [-0.25, -0.2) is 0 Å². The fraction of sp³-hybridized carbons (Fsp3) is 0.0588. The minimum Gasteiger partial charge on any atom is -0.457 e. The van der Waals surface area contributed by atoms with E-state index in [1.165, 1.54) is 0 Å². The van der Waals surface area contributed by atoms with Crippen LogP contribution in [-0.2, 0) is 0 Å². The first kappa shape index (κ1) is 12.4. The largest absolute Gasteiger partial charge is 0.457 e. The molecule has 0 atom stereocenters. The molecule has 0 amide bonds. The highest BCUT2D eigenvalue weighted by Gasteiger charge is 2.05. The molecule has 3 heteroatoms. The van der Waals surface area contributed by atoms with Gasteiger partial charge in [0.05, 0.1) is 5.52 Å². The van der Waals surface area contributed by atoms with Gasteiger partial charge in [0.15, 0.2) is 0 Å². The van der Waals surface area contributed by atoms with Gasteiger partial charge in [0.2, 0.25) is 0 Å². The predicted octanol–water partition coefficient (Wildman–Crippen LogP) is 4.15. The number of rotatable bonds is 3. The number of hydrogen-bond acceptors (Lipinski definition) is 3. The standard InChI is InChI=1S/C17H13NO2/c1-12-10-14(8-7-13(12)11-19)20-17-6-2-5-16-15(17)4-3-9-18-16/h2-11H,1H3. The number of fused-ring (bicyclic) bond motifs is 1. The number of benzene rings is 2. The zero-order valence-electron chi connectivity index (χ0n) is 11.0. The van der Waals surface area contributed by atoms with Crippen molar-refractivity contribution in [1.29, 1.82) is 0 Å². The van der Waals surface area contributed by atoms with Gasteiger partial charge in [0.1, 0.15) is 17.8 Å². The van der Waals surface area contributed by atoms with Gasteiger partial charge in [-0.15, -0.1) is 0 Å². The number of carbonyl (C=O) groups excluding carboxylic acids is 1. The predicted molar refractivity (Wildman–Crippen MR) is 78.4 cm³/mol. The summed E-state index contributed by atoms with van der Waals surface area (Å²) in [7, 11) is 0. The average Bonchev–Trinajstić information content (AvgIpc) is 2.48. The summed E-state index contributed by atoms with van der Waals surface area (Å²) >= 11 is 0. The molecule has 1 heterocycles. The number of pyridine rings is 1. The molecule has 98 valence electrons. The molecule has 0 spiro atoms. The zero-order chi connectivity index (χ0) is 13.9. The summed E-state index contributed by atoms with van der Waals surface area (Å²) < 4.78 is 5.92. The van der Waals surface area contributed by atoms with E-state index < -0.39 is 0 Å². The number of hydrogen-bond donors (Lipinski definition) is 0. The highest BCUT2D eigenvalue weighted by atomic mass is 16.5. The molecular weight excluding hydrogens is 250 g/mol. The minimum atomic E-state index is 0.678. The topological polar surface area (TPSA) is 39.2 Å². The molecule has 3 nitrogen and oxygen atoms in total. The van der Waals surface area contributed by atoms with E-state index >= 15 is 0 Å². The second kappa shape index (κ2) is 5.13. The number of aldehydes is 1. The lowest BCUT2D eigenvalue weighted by Gasteiger charge is -2.09. The second-order valence-corrected chi connectivity index (χ2v) is 4.56. The first-order valence-electron chi connectivity index (χ1n) is 6.35. The number of aromatic nitrogens is 1. The number of carbonyl (C=O) groups is 1. The molecule has 0 saturated carbocycles. The summed E-state index contributed by atoms with van der Waals surface area (Å²) in [6.07, 6.45) is 2.61. The van der Waals surface area contributed by atoms with E-state index in [1.807, 2.05) is 43.3 Å². The molecule has 3 aromatic rings. The van der Waals surface area contributed by atoms with Crippen LogP contribution in [0.3, 0.4) is 0 Å². The smallest absolute Gasteiger partial charge is 0.150 e. The van der Waals surface area contributed by atoms with E-state index in [9.17, 15) is 4.79 Å². The Hall–Kier alpha value is -2.68. The van der Waals surface area contributed by atoms with Gasteiger partial charge >= 0.3 is 0 Å². The van der Waals surface area contributed by atoms with Crippen LogP contribution in [0.2, 0.25) is 0 Å². The van der Waals surface area contributed by atoms with E-state index in [2.05, 4.69) is 4.98 Å². The lowest BCUT2D eigenvalue weighted by Crippen LogP contribution is -1.90. The van der Waals surface area contributed by atoms with Crippen molar-refractivity contribution in [3.63, 3.8) is 0 Å². The highest BCUT2D eigenvalue weighted by molar-refractivity contribution is 5.85. The molecule has 0 N–H and O–H groups in total. The van der Waals surface area contributed by atoms with Crippen LogP contribution in [0, 0.1) is 6.92 Å². The van der Waals surface area contributed by atoms with Gasteiger partial charge in [-0.2, -0.15) is 0 Å². The average molecular weight is 263 g/mol. The van der Waals surface area contributed by atoms with Crippen LogP contribution >= 0.6 is 0 Å². The van der Waals surface area contributed by atoms with Crippen LogP contribution in [0.4, 0.5) is 0 Å². The van der Waals surface area contributed by atoms with Crippen LogP contribution in [0.15, 0.2) is 54.7 Å². The van der Waals surface area contributed by atoms with Gasteiger partial charge in [0.25, 0.3) is 0 Å². The molecular formula is C17H13NO2. The zero-order valence-corrected chi connectivity index (χ0v) is 11.0. The molecule has 0 radical (unpaired) electrons. The van der Waals surface area contributed by atoms with E-state index in [1.54, 1.807) is 18.3 Å². The monoisotopic (exact) mass is 263 g/mol. The number of nitrogens with zero attached hydrogens (tertiary/aromatic N) is 1. The third-order valence-electron chi connectivity index (χ3n) is 3.20. The van der Waals surface area contributed by atoms with Crippen molar-refractivity contribution in [2.45, 2.75) is 6.92 Å². The van der Waals surface area contributed by atoms with Gasteiger partial charge in [-0.05, 0) is 55.0 Å². The molecule has 0 aliphatic carbocycles. The Morgan fingerprint density at radius 1 is 1.10 bits per heavy atom. The van der Waals surface area contributed by atoms with Crippen LogP contribution in [0.25, 0.3) is 10.9 Å². The maximum atomic E-state index is 10.8. The SMILES string of the molecule is Cc1cc(Oc2cccc3ncccc23)ccc1C=O. The van der Waals surface area contributed by atoms with E-state index in [-0.39, 0.29) is 0 Å². The summed E-state index contributed by atoms with van der Waals surface area (Å²) in [6.45, 7) is 1.89. The Balaban J connectivity index is 2.01. The molecule has 2 aromatic carbocycles. The van der Waals surface area contributed by atoms with Crippen LogP contribution < -0.4 is 4.74 Å². The molecule has 0 saturated heterocycles. The van der Waals surface area contributed by atoms with Gasteiger partial charge in [-0.1, -0.05) is 6.07 Å². The Kier molecular flexibility index (Phi) is 3.17. The molecule has 20 heavy (non-hydrogen) atoms. The third-order valence-corrected chi connectivity index (χ3v) is 3.20. The minimum absolute atomic E-state index is 0.678. The normalized spacial score (nSPS) is 10.4. The Morgan fingerprint density at radius 2 is 2.00 bits per heavy atom. The number of aryl methyl sites for hydroxylation is 1. The second-order valence-electron chi connectivity index (χ2n) is 4.56. The van der Waals surface area contributed by atoms with Crippen molar-refractivity contribution < 1.29 is 9.53 Å². The van der Waals surface area contributed by atoms with Crippen molar-refractivity contribution in [2.24, 2.45) is 0 Å². The van der Waals surface area contributed by atoms with Gasteiger partial charge < -0.3 is 4.74 Å². The summed E-state index contributed by atoms with van der Waals surface area (Å²) in [6, 6.07) is 15.1. The van der Waals surface area contributed by atoms with E-state index in [0.717, 1.165) is 28.5 Å². The maximum Gasteiger partial charge on any atom is 0.150 e. The first-order valence-corrected chi connectivity index (χ1v) is 6.35. The summed E-state index contributed by atoms with van der Waals surface area (Å²) in [4.78, 5) is 15.1. The molecule has 0 unspecified atom stereocenters. The van der Waals surface area contributed by atoms with Crippen molar-refractivity contribution in [3.05, 3.63) is 65.9 Å². The quantitative estimate of drug-likeness (QED) is 0.666. The fourth-order valence-corrected chi connectivity index (χ4v) is 2.13. The van der Waals surface area contributed by atoms with E-state index in [4.69, 9.17) is 4.74 Å². The Bertz CT molecular complexity index is 776. The van der Waals surface area contributed by atoms with Crippen LogP contribution in [0.1, 0.15) is 15.9 Å². The molecule has 0 bridgehead atoms. The fourth-order valence-electron chi connectivity index (χ4n) is 2.13. The highest BCUT2D eigenvalue weighted by Crippen LogP contribution is 2.29. The summed E-state index contributed by atoms with van der Waals surface area (Å²) in [5.41, 5.74) is 2.47. The van der Waals surface area contributed by atoms with Crippen molar-refractivity contribution in [3.8, 4) is 11.5 Å². The maximum absolute atomic E-state index is 10.8. The van der Waals surface area contributed by atoms with Crippen molar-refractivity contribution >= 4 is 17.2 Å². The Labute approximate surface area is 116 Å². The molecule has 0 fully saturated rings. The third kappa shape index (κ3) is 2.26. The molecule has 0 aliphatic heterocycles. The lowest BCUT2D eigenvalue weighted by atomic mass is 10.1. The van der Waals surface area contributed by atoms with Crippen molar-refractivity contribution in [1.82, 2.24) is 4.98 Å².